The molecule has 1 aromatic rings. The van der Waals surface area contributed by atoms with Gasteiger partial charge in [-0.15, -0.1) is 5.54 Å². The molecule has 0 bridgehead atoms. The minimum Gasteiger partial charge on any atom is -0.445 e. The SMILES string of the molecule is C[Si](C)(C)C#CC(CCOC1CCCCO1)OC(=O)c1ccccc1. The zero-order chi connectivity index (χ0) is 18.1. The predicted octanol–water partition coefficient (Wildman–Crippen LogP) is 4.03. The largest absolute Gasteiger partial charge is 0.445 e. The monoisotopic (exact) mass is 360 g/mol. The third-order valence-electron chi connectivity index (χ3n) is 3.69. The van der Waals surface area contributed by atoms with E-state index in [-0.39, 0.29) is 12.3 Å². The molecule has 0 radical (unpaired) electrons. The summed E-state index contributed by atoms with van der Waals surface area (Å²) in [6.07, 6.45) is 3.11. The molecule has 1 aliphatic rings. The first-order chi connectivity index (χ1) is 11.9. The molecule has 5 heteroatoms. The summed E-state index contributed by atoms with van der Waals surface area (Å²) in [5.41, 5.74) is 3.83. The number of benzene rings is 1. The van der Waals surface area contributed by atoms with E-state index in [0.29, 0.717) is 18.6 Å². The van der Waals surface area contributed by atoms with Gasteiger partial charge in [0.15, 0.2) is 12.4 Å². The van der Waals surface area contributed by atoms with Gasteiger partial charge in [-0.3, -0.25) is 0 Å². The average molecular weight is 361 g/mol. The molecule has 0 N–H and O–H groups in total. The molecule has 1 saturated heterocycles. The van der Waals surface area contributed by atoms with Crippen molar-refractivity contribution >= 4 is 14.0 Å². The topological polar surface area (TPSA) is 44.8 Å². The van der Waals surface area contributed by atoms with Crippen molar-refractivity contribution in [3.8, 4) is 11.5 Å². The quantitative estimate of drug-likeness (QED) is 0.436. The standard InChI is InChI=1S/C20H28O4Si/c1-25(2,3)16-13-18(12-15-23-19-11-7-8-14-22-19)24-20(21)17-9-5-4-6-10-17/h4-6,9-10,18-19H,7-8,11-12,14-15H2,1-3H3. The Balaban J connectivity index is 1.92. The summed E-state index contributed by atoms with van der Waals surface area (Å²) in [6.45, 7) is 7.73. The highest BCUT2D eigenvalue weighted by Crippen LogP contribution is 2.15. The van der Waals surface area contributed by atoms with Crippen LogP contribution in [0.3, 0.4) is 0 Å². The van der Waals surface area contributed by atoms with Crippen LogP contribution in [0.5, 0.6) is 0 Å². The van der Waals surface area contributed by atoms with Gasteiger partial charge in [-0.05, 0) is 31.4 Å². The molecule has 1 fully saturated rings. The van der Waals surface area contributed by atoms with Gasteiger partial charge < -0.3 is 14.2 Å². The molecule has 0 aliphatic carbocycles. The number of ether oxygens (including phenoxy) is 3. The summed E-state index contributed by atoms with van der Waals surface area (Å²) in [7, 11) is -1.54. The van der Waals surface area contributed by atoms with Crippen LogP contribution in [0.25, 0.3) is 0 Å². The van der Waals surface area contributed by atoms with Crippen molar-refractivity contribution in [1.29, 1.82) is 0 Å². The van der Waals surface area contributed by atoms with Crippen LogP contribution in [0.15, 0.2) is 30.3 Å². The van der Waals surface area contributed by atoms with E-state index in [4.69, 9.17) is 14.2 Å². The molecule has 0 saturated carbocycles. The molecule has 0 aromatic heterocycles. The van der Waals surface area contributed by atoms with E-state index in [0.717, 1.165) is 25.9 Å². The van der Waals surface area contributed by atoms with Crippen LogP contribution in [0.4, 0.5) is 0 Å². The van der Waals surface area contributed by atoms with E-state index < -0.39 is 14.2 Å². The maximum Gasteiger partial charge on any atom is 0.339 e. The van der Waals surface area contributed by atoms with Crippen molar-refractivity contribution in [3.63, 3.8) is 0 Å². The van der Waals surface area contributed by atoms with Crippen LogP contribution in [0, 0.1) is 11.5 Å². The zero-order valence-corrected chi connectivity index (χ0v) is 16.4. The maximum atomic E-state index is 12.3. The lowest BCUT2D eigenvalue weighted by molar-refractivity contribution is -0.164. The van der Waals surface area contributed by atoms with Crippen LogP contribution in [0.1, 0.15) is 36.0 Å². The number of carbonyl (C=O) groups is 1. The molecule has 1 aromatic carbocycles. The van der Waals surface area contributed by atoms with Crippen molar-refractivity contribution < 1.29 is 19.0 Å². The van der Waals surface area contributed by atoms with Crippen molar-refractivity contribution in [3.05, 3.63) is 35.9 Å². The second kappa shape index (κ2) is 9.76. The van der Waals surface area contributed by atoms with Crippen LogP contribution < -0.4 is 0 Å². The summed E-state index contributed by atoms with van der Waals surface area (Å²) in [4.78, 5) is 12.3. The van der Waals surface area contributed by atoms with Crippen molar-refractivity contribution in [2.24, 2.45) is 0 Å². The van der Waals surface area contributed by atoms with E-state index in [9.17, 15) is 4.79 Å². The molecule has 1 aliphatic heterocycles. The highest BCUT2D eigenvalue weighted by atomic mass is 28.3. The Morgan fingerprint density at radius 2 is 2.04 bits per heavy atom. The molecule has 136 valence electrons. The van der Waals surface area contributed by atoms with Crippen LogP contribution >= 0.6 is 0 Å². The maximum absolute atomic E-state index is 12.3. The highest BCUT2D eigenvalue weighted by molar-refractivity contribution is 6.83. The van der Waals surface area contributed by atoms with Crippen molar-refractivity contribution in [2.45, 2.75) is 57.7 Å². The average Bonchev–Trinajstić information content (AvgIpc) is 2.60. The van der Waals surface area contributed by atoms with E-state index in [1.54, 1.807) is 12.1 Å². The Morgan fingerprint density at radius 1 is 1.28 bits per heavy atom. The molecule has 2 unspecified atom stereocenters. The molecule has 1 heterocycles. The van der Waals surface area contributed by atoms with Crippen LogP contribution in [0.2, 0.25) is 19.6 Å². The first-order valence-electron chi connectivity index (χ1n) is 8.96. The molecule has 0 amide bonds. The fraction of sp³-hybridized carbons (Fsp3) is 0.550. The van der Waals surface area contributed by atoms with Gasteiger partial charge in [0.05, 0.1) is 12.2 Å². The fourth-order valence-corrected chi connectivity index (χ4v) is 2.97. The predicted molar refractivity (Wildman–Crippen MR) is 101 cm³/mol. The van der Waals surface area contributed by atoms with E-state index >= 15 is 0 Å². The van der Waals surface area contributed by atoms with Gasteiger partial charge in [0.1, 0.15) is 8.07 Å². The van der Waals surface area contributed by atoms with Crippen molar-refractivity contribution in [2.75, 3.05) is 13.2 Å². The molecule has 0 spiro atoms. The smallest absolute Gasteiger partial charge is 0.339 e. The normalized spacial score (nSPS) is 18.8. The van der Waals surface area contributed by atoms with Crippen LogP contribution in [-0.2, 0) is 14.2 Å². The molecular weight excluding hydrogens is 332 g/mol. The van der Waals surface area contributed by atoms with E-state index in [1.165, 1.54) is 0 Å². The zero-order valence-electron chi connectivity index (χ0n) is 15.4. The summed E-state index contributed by atoms with van der Waals surface area (Å²) in [5.74, 6) is 2.80. The van der Waals surface area contributed by atoms with Gasteiger partial charge >= 0.3 is 5.97 Å². The third-order valence-corrected chi connectivity index (χ3v) is 4.58. The number of rotatable bonds is 6. The van der Waals surface area contributed by atoms with E-state index in [1.807, 2.05) is 18.2 Å². The summed E-state index contributed by atoms with van der Waals surface area (Å²) < 4.78 is 16.9. The second-order valence-electron chi connectivity index (χ2n) is 7.23. The van der Waals surface area contributed by atoms with Gasteiger partial charge in [-0.1, -0.05) is 43.8 Å². The number of esters is 1. The molecule has 25 heavy (non-hydrogen) atoms. The molecule has 2 rings (SSSR count). The third kappa shape index (κ3) is 7.87. The van der Waals surface area contributed by atoms with Gasteiger partial charge in [-0.2, -0.15) is 0 Å². The minimum atomic E-state index is -1.54. The Kier molecular flexibility index (Phi) is 7.70. The van der Waals surface area contributed by atoms with Crippen LogP contribution in [-0.4, -0.2) is 39.7 Å². The molecule has 4 nitrogen and oxygen atoms in total. The Hall–Kier alpha value is -1.61. The Labute approximate surface area is 151 Å². The Morgan fingerprint density at radius 3 is 2.68 bits per heavy atom. The van der Waals surface area contributed by atoms with Crippen molar-refractivity contribution in [1.82, 2.24) is 0 Å². The summed E-state index contributed by atoms with van der Waals surface area (Å²) >= 11 is 0. The lowest BCUT2D eigenvalue weighted by atomic mass is 10.2. The molecular formula is C20H28O4Si. The number of hydrogen-bond acceptors (Lipinski definition) is 4. The highest BCUT2D eigenvalue weighted by Gasteiger charge is 2.18. The van der Waals surface area contributed by atoms with Gasteiger partial charge in [-0.25, -0.2) is 4.79 Å². The second-order valence-corrected chi connectivity index (χ2v) is 12.0. The lowest BCUT2D eigenvalue weighted by Gasteiger charge is -2.23. The summed E-state index contributed by atoms with van der Waals surface area (Å²) in [5, 5.41) is 0. The van der Waals surface area contributed by atoms with E-state index in [2.05, 4.69) is 31.1 Å². The first-order valence-corrected chi connectivity index (χ1v) is 12.5. The lowest BCUT2D eigenvalue weighted by Crippen LogP contribution is -2.26. The van der Waals surface area contributed by atoms with Gasteiger partial charge in [0.2, 0.25) is 0 Å². The fourth-order valence-electron chi connectivity index (χ4n) is 2.38. The minimum absolute atomic E-state index is 0.135. The number of carbonyl (C=O) groups excluding carboxylic acids is 1. The number of hydrogen-bond donors (Lipinski definition) is 0. The first kappa shape index (κ1) is 19.7. The summed E-state index contributed by atoms with van der Waals surface area (Å²) in [6, 6.07) is 9.01. The van der Waals surface area contributed by atoms with Gasteiger partial charge in [0, 0.05) is 13.0 Å². The van der Waals surface area contributed by atoms with Gasteiger partial charge in [0.25, 0.3) is 0 Å². The molecule has 2 atom stereocenters. The Bertz CT molecular complexity index is 592.